The van der Waals surface area contributed by atoms with E-state index in [0.717, 1.165) is 12.1 Å². The molecule has 1 atom stereocenters. The molecule has 3 heterocycles. The Kier molecular flexibility index (Phi) is 4.54. The molecule has 0 saturated carbocycles. The lowest BCUT2D eigenvalue weighted by atomic mass is 9.84. The van der Waals surface area contributed by atoms with Gasteiger partial charge in [-0.2, -0.15) is 13.2 Å². The summed E-state index contributed by atoms with van der Waals surface area (Å²) in [4.78, 5) is 17.3. The number of oxime groups is 1. The number of esters is 1. The molecule has 0 bridgehead atoms. The summed E-state index contributed by atoms with van der Waals surface area (Å²) in [6.07, 6.45) is -5.47. The van der Waals surface area contributed by atoms with Crippen molar-refractivity contribution in [2.45, 2.75) is 23.8 Å². The number of nitrogens with one attached hydrogen (secondary N) is 1. The Morgan fingerprint density at radius 3 is 2.32 bits per heavy atom. The third-order valence-electron chi connectivity index (χ3n) is 5.81. The molecule has 3 aliphatic rings. The van der Waals surface area contributed by atoms with Crippen molar-refractivity contribution in [1.29, 1.82) is 0 Å². The fourth-order valence-corrected chi connectivity index (χ4v) is 4.64. The number of alkyl halides is 3. The first-order valence-corrected chi connectivity index (χ1v) is 10.3. The zero-order valence-corrected chi connectivity index (χ0v) is 17.7. The zero-order chi connectivity index (χ0) is 22.2. The van der Waals surface area contributed by atoms with Gasteiger partial charge in [0.2, 0.25) is 0 Å². The van der Waals surface area contributed by atoms with Gasteiger partial charge < -0.3 is 14.9 Å². The Bertz CT molecular complexity index is 1140. The molecule has 0 radical (unpaired) electrons. The molecule has 1 spiro atoms. The molecule has 1 saturated heterocycles. The third kappa shape index (κ3) is 2.96. The summed E-state index contributed by atoms with van der Waals surface area (Å²) in [6.45, 7) is 0.981. The molecule has 0 amide bonds. The van der Waals surface area contributed by atoms with Crippen molar-refractivity contribution in [3.05, 3.63) is 67.7 Å². The predicted octanol–water partition coefficient (Wildman–Crippen LogP) is 5.20. The Hall–Kier alpha value is -2.00. The molecule has 3 aliphatic heterocycles. The van der Waals surface area contributed by atoms with Crippen LogP contribution in [0.3, 0.4) is 0 Å². The van der Waals surface area contributed by atoms with E-state index in [1.807, 2.05) is 0 Å². The number of hydrogen-bond acceptors (Lipinski definition) is 5. The van der Waals surface area contributed by atoms with E-state index < -0.39 is 29.8 Å². The van der Waals surface area contributed by atoms with Crippen LogP contribution >= 0.6 is 34.8 Å². The number of ether oxygens (including phenoxy) is 1. The van der Waals surface area contributed by atoms with Gasteiger partial charge in [0.05, 0.1) is 26.3 Å². The SMILES string of the molecule is O=C1OC2(CNC2)c2ccc(C3=NOC(c4cc(Cl)c(Cl)c(Cl)c4)(C(F)(F)F)C3)cc21. The molecule has 2 aromatic carbocycles. The summed E-state index contributed by atoms with van der Waals surface area (Å²) < 4.78 is 48.1. The van der Waals surface area contributed by atoms with Crippen LogP contribution in [0.25, 0.3) is 0 Å². The van der Waals surface area contributed by atoms with E-state index in [1.54, 1.807) is 12.1 Å². The van der Waals surface area contributed by atoms with E-state index in [-0.39, 0.29) is 26.3 Å². The summed E-state index contributed by atoms with van der Waals surface area (Å²) in [7, 11) is 0. The van der Waals surface area contributed by atoms with Gasteiger partial charge in [-0.1, -0.05) is 52.1 Å². The van der Waals surface area contributed by atoms with Crippen molar-refractivity contribution in [2.24, 2.45) is 5.16 Å². The van der Waals surface area contributed by atoms with Gasteiger partial charge in [-0.3, -0.25) is 0 Å². The number of hydrogen-bond donors (Lipinski definition) is 1. The van der Waals surface area contributed by atoms with Crippen molar-refractivity contribution in [1.82, 2.24) is 5.32 Å². The van der Waals surface area contributed by atoms with E-state index in [0.29, 0.717) is 29.8 Å². The smallest absolute Gasteiger partial charge is 0.435 e. The highest BCUT2D eigenvalue weighted by molar-refractivity contribution is 6.48. The Morgan fingerprint density at radius 1 is 1.06 bits per heavy atom. The molecule has 0 aromatic heterocycles. The topological polar surface area (TPSA) is 59.9 Å². The van der Waals surface area contributed by atoms with Crippen LogP contribution in [-0.4, -0.2) is 30.9 Å². The minimum absolute atomic E-state index is 0.0304. The molecule has 5 rings (SSSR count). The Labute approximate surface area is 189 Å². The molecule has 1 N–H and O–H groups in total. The number of rotatable bonds is 2. The van der Waals surface area contributed by atoms with Gasteiger partial charge in [0.1, 0.15) is 0 Å². The summed E-state index contributed by atoms with van der Waals surface area (Å²) in [5.74, 6) is -0.517. The molecule has 162 valence electrons. The van der Waals surface area contributed by atoms with Gasteiger partial charge in [0.15, 0.2) is 5.60 Å². The summed E-state index contributed by atoms with van der Waals surface area (Å²) >= 11 is 17.8. The van der Waals surface area contributed by atoms with Crippen LogP contribution in [0.15, 0.2) is 35.5 Å². The van der Waals surface area contributed by atoms with Gasteiger partial charge in [0.25, 0.3) is 5.60 Å². The number of halogens is 6. The maximum absolute atomic E-state index is 14.2. The quantitative estimate of drug-likeness (QED) is 0.464. The number of carbonyl (C=O) groups is 1. The van der Waals surface area contributed by atoms with E-state index in [2.05, 4.69) is 10.5 Å². The van der Waals surface area contributed by atoms with Crippen LogP contribution in [0.4, 0.5) is 13.2 Å². The summed E-state index contributed by atoms with van der Waals surface area (Å²) in [6, 6.07) is 6.91. The second-order valence-electron chi connectivity index (χ2n) is 7.63. The lowest BCUT2D eigenvalue weighted by molar-refractivity contribution is -0.275. The normalized spacial score (nSPS) is 23.8. The molecule has 2 aromatic rings. The Balaban J connectivity index is 1.53. The fraction of sp³-hybridized carbons (Fsp3) is 0.300. The second kappa shape index (κ2) is 6.75. The summed E-state index contributed by atoms with van der Waals surface area (Å²) in [5, 5.41) is 6.45. The molecular formula is C20H12Cl3F3N2O3. The van der Waals surface area contributed by atoms with Gasteiger partial charge in [0, 0.05) is 36.2 Å². The van der Waals surface area contributed by atoms with Gasteiger partial charge in [-0.05, 0) is 18.2 Å². The van der Waals surface area contributed by atoms with E-state index in [9.17, 15) is 18.0 Å². The minimum Gasteiger partial charge on any atom is -0.448 e. The first-order chi connectivity index (χ1) is 14.6. The van der Waals surface area contributed by atoms with Crippen LogP contribution in [0.5, 0.6) is 0 Å². The van der Waals surface area contributed by atoms with E-state index in [1.165, 1.54) is 6.07 Å². The number of nitrogens with zero attached hydrogens (tertiary/aromatic N) is 1. The lowest BCUT2D eigenvalue weighted by Gasteiger charge is -2.38. The largest absolute Gasteiger partial charge is 0.448 e. The molecule has 1 unspecified atom stereocenters. The predicted molar refractivity (Wildman–Crippen MR) is 108 cm³/mol. The lowest BCUT2D eigenvalue weighted by Crippen LogP contribution is -2.56. The number of benzene rings is 2. The monoisotopic (exact) mass is 490 g/mol. The van der Waals surface area contributed by atoms with Crippen molar-refractivity contribution in [3.8, 4) is 0 Å². The standard InChI is InChI=1S/C20H12Cl3F3N2O3/c21-13-4-10(5-14(22)16(13)23)19(20(24,25)26)6-15(28-31-19)9-1-2-12-11(3-9)17(29)30-18(12)7-27-8-18/h1-5,27H,6-8H2. The Morgan fingerprint density at radius 2 is 1.74 bits per heavy atom. The van der Waals surface area contributed by atoms with Crippen molar-refractivity contribution in [3.63, 3.8) is 0 Å². The van der Waals surface area contributed by atoms with Crippen molar-refractivity contribution in [2.75, 3.05) is 13.1 Å². The number of fused-ring (bicyclic) bond motifs is 2. The average Bonchev–Trinajstić information content (AvgIpc) is 3.26. The highest BCUT2D eigenvalue weighted by atomic mass is 35.5. The third-order valence-corrected chi connectivity index (χ3v) is 7.01. The number of carbonyl (C=O) groups excluding carboxylic acids is 1. The molecule has 11 heteroatoms. The first kappa shape index (κ1) is 20.9. The molecular weight excluding hydrogens is 480 g/mol. The second-order valence-corrected chi connectivity index (χ2v) is 8.82. The molecule has 1 fully saturated rings. The van der Waals surface area contributed by atoms with Gasteiger partial charge >= 0.3 is 12.1 Å². The van der Waals surface area contributed by atoms with Crippen LogP contribution in [-0.2, 0) is 20.8 Å². The maximum atomic E-state index is 14.2. The van der Waals surface area contributed by atoms with Gasteiger partial charge in [-0.15, -0.1) is 0 Å². The van der Waals surface area contributed by atoms with E-state index >= 15 is 0 Å². The van der Waals surface area contributed by atoms with E-state index in [4.69, 9.17) is 44.4 Å². The molecule has 31 heavy (non-hydrogen) atoms. The highest BCUT2D eigenvalue weighted by Crippen LogP contribution is 2.51. The van der Waals surface area contributed by atoms with Crippen LogP contribution < -0.4 is 5.32 Å². The molecule has 0 aliphatic carbocycles. The fourth-order valence-electron chi connectivity index (χ4n) is 4.04. The van der Waals surface area contributed by atoms with Gasteiger partial charge in [-0.25, -0.2) is 4.79 Å². The van der Waals surface area contributed by atoms with Crippen molar-refractivity contribution < 1.29 is 27.5 Å². The zero-order valence-electron chi connectivity index (χ0n) is 15.4. The maximum Gasteiger partial charge on any atom is 0.435 e. The molecule has 5 nitrogen and oxygen atoms in total. The minimum atomic E-state index is -4.84. The van der Waals surface area contributed by atoms with Crippen LogP contribution in [0.1, 0.15) is 33.5 Å². The highest BCUT2D eigenvalue weighted by Gasteiger charge is 2.62. The van der Waals surface area contributed by atoms with Crippen LogP contribution in [0, 0.1) is 0 Å². The van der Waals surface area contributed by atoms with Crippen molar-refractivity contribution >= 4 is 46.5 Å². The summed E-state index contributed by atoms with van der Waals surface area (Å²) in [5.41, 5.74) is -2.44. The average molecular weight is 492 g/mol. The van der Waals surface area contributed by atoms with Crippen LogP contribution in [0.2, 0.25) is 15.1 Å². The first-order valence-electron chi connectivity index (χ1n) is 9.12.